The van der Waals surface area contributed by atoms with E-state index >= 15 is 0 Å². The Kier molecular flexibility index (Phi) is 3.18. The van der Waals surface area contributed by atoms with E-state index in [-0.39, 0.29) is 0 Å². The Bertz CT molecular complexity index is 202. The minimum atomic E-state index is -2.08. The molecule has 1 rings (SSSR count). The summed E-state index contributed by atoms with van der Waals surface area (Å²) < 4.78 is 19.7. The maximum Gasteiger partial charge on any atom is 0.406 e. The molecule has 4 nitrogen and oxygen atoms in total. The third kappa shape index (κ3) is 2.72. The summed E-state index contributed by atoms with van der Waals surface area (Å²) in [5, 5.41) is 0. The molecule has 78 valence electrons. The molecule has 0 N–H and O–H groups in total. The van der Waals surface area contributed by atoms with E-state index in [1.165, 1.54) is 0 Å². The largest absolute Gasteiger partial charge is 0.418 e. The molecule has 0 amide bonds. The molecule has 0 aliphatic carbocycles. The molecule has 1 aliphatic rings. The van der Waals surface area contributed by atoms with Gasteiger partial charge in [0.1, 0.15) is 0 Å². The van der Waals surface area contributed by atoms with Crippen LogP contribution in [0.15, 0.2) is 0 Å². The van der Waals surface area contributed by atoms with Gasteiger partial charge < -0.3 is 12.3 Å². The van der Waals surface area contributed by atoms with Crippen molar-refractivity contribution in [2.75, 3.05) is 14.1 Å². The highest BCUT2D eigenvalue weighted by Gasteiger charge is 2.49. The second kappa shape index (κ2) is 3.57. The summed E-state index contributed by atoms with van der Waals surface area (Å²) in [5.74, 6) is 0. The second-order valence-corrected chi connectivity index (χ2v) is 13.4. The van der Waals surface area contributed by atoms with E-state index in [2.05, 4.69) is 30.8 Å². The average molecular weight is 237 g/mol. The molecule has 1 aliphatic heterocycles. The zero-order valence-electron chi connectivity index (χ0n) is 9.25. The van der Waals surface area contributed by atoms with E-state index in [0.29, 0.717) is 0 Å². The number of hydrogen-bond acceptors (Lipinski definition) is 4. The summed E-state index contributed by atoms with van der Waals surface area (Å²) in [7, 11) is -1.39. The van der Waals surface area contributed by atoms with Gasteiger partial charge >= 0.3 is 26.6 Å². The molecule has 0 aromatic rings. The monoisotopic (exact) mass is 237 g/mol. The normalized spacial score (nSPS) is 39.5. The zero-order chi connectivity index (χ0) is 10.3. The highest BCUT2D eigenvalue weighted by molar-refractivity contribution is 6.86. The van der Waals surface area contributed by atoms with E-state index < -0.39 is 26.6 Å². The van der Waals surface area contributed by atoms with Gasteiger partial charge in [0.05, 0.1) is 0 Å². The predicted molar refractivity (Wildman–Crippen MR) is 59.1 cm³/mol. The van der Waals surface area contributed by atoms with E-state index in [9.17, 15) is 0 Å². The van der Waals surface area contributed by atoms with Gasteiger partial charge in [-0.2, -0.15) is 0 Å². The lowest BCUT2D eigenvalue weighted by Gasteiger charge is -2.45. The summed E-state index contributed by atoms with van der Waals surface area (Å²) >= 11 is 0. The maximum absolute atomic E-state index is 5.99. The molecular weight excluding hydrogens is 218 g/mol. The number of nitrogens with zero attached hydrogens (tertiary/aromatic N) is 1. The number of rotatable bonds is 1. The highest BCUT2D eigenvalue weighted by atomic mass is 28.5. The molecule has 2 unspecified atom stereocenters. The molecule has 1 heterocycles. The van der Waals surface area contributed by atoms with Gasteiger partial charge in [0, 0.05) is 0 Å². The van der Waals surface area contributed by atoms with E-state index in [4.69, 9.17) is 12.3 Å². The first-order valence-corrected chi connectivity index (χ1v) is 11.7. The van der Waals surface area contributed by atoms with Crippen LogP contribution in [0.3, 0.4) is 0 Å². The molecule has 13 heavy (non-hydrogen) atoms. The van der Waals surface area contributed by atoms with Gasteiger partial charge in [-0.15, -0.1) is 0 Å². The second-order valence-electron chi connectivity index (χ2n) is 4.10. The van der Waals surface area contributed by atoms with Crippen molar-refractivity contribution in [3.05, 3.63) is 0 Å². The van der Waals surface area contributed by atoms with Crippen LogP contribution in [0.4, 0.5) is 0 Å². The summed E-state index contributed by atoms with van der Waals surface area (Å²) in [5.41, 5.74) is 0. The van der Waals surface area contributed by atoms with Crippen LogP contribution in [0.25, 0.3) is 0 Å². The first-order valence-electron chi connectivity index (χ1n) is 4.48. The average Bonchev–Trinajstić information content (AvgIpc) is 1.79. The van der Waals surface area contributed by atoms with E-state index in [1.807, 2.05) is 14.1 Å². The molecule has 0 radical (unpaired) electrons. The fourth-order valence-electron chi connectivity index (χ4n) is 1.43. The molecule has 0 aromatic heterocycles. The van der Waals surface area contributed by atoms with E-state index in [1.54, 1.807) is 0 Å². The van der Waals surface area contributed by atoms with Crippen molar-refractivity contribution in [2.45, 2.75) is 26.2 Å². The maximum atomic E-state index is 5.99. The van der Waals surface area contributed by atoms with Crippen molar-refractivity contribution in [1.29, 1.82) is 0 Å². The number of hydrogen-bond donors (Lipinski definition) is 0. The molecule has 0 saturated carbocycles. The fraction of sp³-hybridized carbons (Fsp3) is 1.00. The highest BCUT2D eigenvalue weighted by Crippen LogP contribution is 2.25. The van der Waals surface area contributed by atoms with Crippen molar-refractivity contribution >= 4 is 26.6 Å². The summed E-state index contributed by atoms with van der Waals surface area (Å²) in [6.45, 7) is 8.35. The standard InChI is InChI=1S/C6H19NO3Si3/c1-7(2)13(6)9-11(3)8-12(4,5)10-13/h11H,1-6H3. The van der Waals surface area contributed by atoms with Gasteiger partial charge in [-0.3, -0.25) is 4.57 Å². The lowest BCUT2D eigenvalue weighted by atomic mass is 11.3. The van der Waals surface area contributed by atoms with Gasteiger partial charge in [0.2, 0.25) is 0 Å². The summed E-state index contributed by atoms with van der Waals surface area (Å²) in [4.78, 5) is 0. The molecule has 7 heteroatoms. The van der Waals surface area contributed by atoms with Crippen molar-refractivity contribution in [3.63, 3.8) is 0 Å². The van der Waals surface area contributed by atoms with Crippen molar-refractivity contribution in [2.24, 2.45) is 0 Å². The molecule has 0 bridgehead atoms. The summed E-state index contributed by atoms with van der Waals surface area (Å²) in [6, 6.07) is 0. The topological polar surface area (TPSA) is 30.9 Å². The van der Waals surface area contributed by atoms with Gasteiger partial charge in [0.25, 0.3) is 0 Å². The Balaban J connectivity index is 2.78. The minimum Gasteiger partial charge on any atom is -0.418 e. The van der Waals surface area contributed by atoms with Gasteiger partial charge in [0.15, 0.2) is 0 Å². The van der Waals surface area contributed by atoms with Gasteiger partial charge in [-0.05, 0) is 40.3 Å². The first-order chi connectivity index (χ1) is 5.75. The Labute approximate surface area is 84.2 Å². The van der Waals surface area contributed by atoms with Crippen molar-refractivity contribution in [3.8, 4) is 0 Å². The molecule has 1 fully saturated rings. The summed E-state index contributed by atoms with van der Waals surface area (Å²) in [6.07, 6.45) is 0. The Morgan fingerprint density at radius 3 is 2.00 bits per heavy atom. The molecular formula is C6H19NO3Si3. The Hall–Kier alpha value is 0.491. The SMILES string of the molecule is CN(C)[Si]1(C)O[SiH](C)O[Si](C)(C)O1. The molecule has 0 aromatic carbocycles. The molecule has 2 atom stereocenters. The lowest BCUT2D eigenvalue weighted by molar-refractivity contribution is 0.207. The van der Waals surface area contributed by atoms with Crippen LogP contribution in [0.5, 0.6) is 0 Å². The van der Waals surface area contributed by atoms with Crippen LogP contribution in [-0.2, 0) is 12.3 Å². The smallest absolute Gasteiger partial charge is 0.406 e. The first kappa shape index (κ1) is 11.6. The van der Waals surface area contributed by atoms with Crippen LogP contribution < -0.4 is 0 Å². The van der Waals surface area contributed by atoms with Gasteiger partial charge in [-0.25, -0.2) is 0 Å². The van der Waals surface area contributed by atoms with Crippen LogP contribution in [0, 0.1) is 0 Å². The zero-order valence-corrected chi connectivity index (χ0v) is 12.4. The van der Waals surface area contributed by atoms with Crippen LogP contribution in [-0.4, -0.2) is 45.2 Å². The fourth-order valence-corrected chi connectivity index (χ4v) is 14.2. The third-order valence-corrected chi connectivity index (χ3v) is 13.9. The van der Waals surface area contributed by atoms with Crippen LogP contribution >= 0.6 is 0 Å². The third-order valence-electron chi connectivity index (χ3n) is 2.08. The van der Waals surface area contributed by atoms with Crippen molar-refractivity contribution < 1.29 is 12.3 Å². The van der Waals surface area contributed by atoms with Crippen LogP contribution in [0.1, 0.15) is 0 Å². The van der Waals surface area contributed by atoms with Crippen LogP contribution in [0.2, 0.25) is 26.2 Å². The van der Waals surface area contributed by atoms with E-state index in [0.717, 1.165) is 0 Å². The van der Waals surface area contributed by atoms with Gasteiger partial charge in [-0.1, -0.05) is 0 Å². The lowest BCUT2D eigenvalue weighted by Crippen LogP contribution is -2.66. The quantitative estimate of drug-likeness (QED) is 0.629. The Morgan fingerprint density at radius 2 is 1.62 bits per heavy atom. The Morgan fingerprint density at radius 1 is 1.08 bits per heavy atom. The predicted octanol–water partition coefficient (Wildman–Crippen LogP) is 0.732. The van der Waals surface area contributed by atoms with Crippen molar-refractivity contribution in [1.82, 2.24) is 4.57 Å². The molecule has 0 spiro atoms. The minimum absolute atomic E-state index is 1.44. The molecule has 1 saturated heterocycles.